The molecule has 0 saturated carbocycles. The number of hydrogen-bond acceptors (Lipinski definition) is 6. The van der Waals surface area contributed by atoms with Crippen molar-refractivity contribution in [1.29, 1.82) is 0 Å². The third-order valence-corrected chi connectivity index (χ3v) is 4.49. The van der Waals surface area contributed by atoms with Crippen LogP contribution >= 0.6 is 34.7 Å². The van der Waals surface area contributed by atoms with Crippen molar-refractivity contribution in [3.05, 3.63) is 40.4 Å². The van der Waals surface area contributed by atoms with Crippen LogP contribution in [0, 0.1) is 0 Å². The van der Waals surface area contributed by atoms with Gasteiger partial charge in [0.05, 0.1) is 19.3 Å². The first-order valence-corrected chi connectivity index (χ1v) is 7.87. The highest BCUT2D eigenvalue weighted by Gasteiger charge is 2.07. The monoisotopic (exact) mass is 316 g/mol. The number of aromatic nitrogens is 2. The summed E-state index contributed by atoms with van der Waals surface area (Å²) in [5.74, 6) is 0.551. The van der Waals surface area contributed by atoms with Gasteiger partial charge in [0.1, 0.15) is 5.51 Å². The molecule has 0 fully saturated rings. The number of thioether (sulfide) groups is 1. The van der Waals surface area contributed by atoms with Crippen molar-refractivity contribution in [1.82, 2.24) is 10.2 Å². The number of halogens is 1. The Morgan fingerprint density at radius 2 is 2.16 bits per heavy atom. The van der Waals surface area contributed by atoms with Crippen molar-refractivity contribution < 1.29 is 9.84 Å². The molecule has 4 nitrogen and oxygen atoms in total. The number of aliphatic hydroxyl groups is 1. The minimum absolute atomic E-state index is 0.300. The summed E-state index contributed by atoms with van der Waals surface area (Å²) in [5, 5.41) is 18.1. The van der Waals surface area contributed by atoms with Crippen LogP contribution in [-0.4, -0.2) is 33.8 Å². The fraction of sp³-hybridized carbons (Fsp3) is 0.333. The average molecular weight is 317 g/mol. The van der Waals surface area contributed by atoms with Gasteiger partial charge in [-0.25, -0.2) is 0 Å². The van der Waals surface area contributed by atoms with Crippen LogP contribution in [0.2, 0.25) is 5.02 Å². The first kappa shape index (κ1) is 14.7. The molecule has 1 heterocycles. The Hall–Kier alpha value is -0.660. The molecule has 2 rings (SSSR count). The van der Waals surface area contributed by atoms with Crippen molar-refractivity contribution in [2.75, 3.05) is 12.4 Å². The zero-order valence-electron chi connectivity index (χ0n) is 10.0. The highest BCUT2D eigenvalue weighted by molar-refractivity contribution is 8.01. The highest BCUT2D eigenvalue weighted by atomic mass is 35.5. The summed E-state index contributed by atoms with van der Waals surface area (Å²) >= 11 is 8.74. The lowest BCUT2D eigenvalue weighted by molar-refractivity contribution is 0.0398. The van der Waals surface area contributed by atoms with Crippen LogP contribution in [0.5, 0.6) is 0 Å². The van der Waals surface area contributed by atoms with Gasteiger partial charge in [0, 0.05) is 10.8 Å². The molecule has 1 atom stereocenters. The van der Waals surface area contributed by atoms with Crippen LogP contribution in [0.15, 0.2) is 34.1 Å². The van der Waals surface area contributed by atoms with Crippen LogP contribution in [-0.2, 0) is 11.3 Å². The molecule has 0 aliphatic heterocycles. The summed E-state index contributed by atoms with van der Waals surface area (Å²) in [6, 6.07) is 7.46. The van der Waals surface area contributed by atoms with Crippen LogP contribution in [0.4, 0.5) is 0 Å². The van der Waals surface area contributed by atoms with Gasteiger partial charge in [-0.3, -0.25) is 0 Å². The SMILES string of the molecule is O[C@@H](COCc1ccc(Cl)cc1)CSc1nncs1. The lowest BCUT2D eigenvalue weighted by Gasteiger charge is -2.10. The normalized spacial score (nSPS) is 12.5. The number of hydrogen-bond donors (Lipinski definition) is 1. The van der Waals surface area contributed by atoms with Crippen LogP contribution in [0.3, 0.4) is 0 Å². The maximum Gasteiger partial charge on any atom is 0.174 e. The van der Waals surface area contributed by atoms with E-state index in [1.165, 1.54) is 23.1 Å². The summed E-state index contributed by atoms with van der Waals surface area (Å²) in [6.45, 7) is 0.770. The molecule has 1 aromatic heterocycles. The molecule has 0 aliphatic rings. The highest BCUT2D eigenvalue weighted by Crippen LogP contribution is 2.19. The van der Waals surface area contributed by atoms with E-state index in [0.717, 1.165) is 9.90 Å². The summed E-state index contributed by atoms with van der Waals surface area (Å²) in [7, 11) is 0. The van der Waals surface area contributed by atoms with Gasteiger partial charge in [-0.05, 0) is 17.7 Å². The molecule has 2 aromatic rings. The molecule has 0 amide bonds. The van der Waals surface area contributed by atoms with Gasteiger partial charge in [-0.1, -0.05) is 46.8 Å². The zero-order valence-corrected chi connectivity index (χ0v) is 12.4. The van der Waals surface area contributed by atoms with E-state index in [1.54, 1.807) is 5.51 Å². The Bertz CT molecular complexity index is 479. The van der Waals surface area contributed by atoms with Gasteiger partial charge in [-0.15, -0.1) is 10.2 Å². The second kappa shape index (κ2) is 7.81. The molecule has 0 saturated heterocycles. The van der Waals surface area contributed by atoms with Crippen molar-refractivity contribution >= 4 is 34.7 Å². The molecule has 0 unspecified atom stereocenters. The minimum Gasteiger partial charge on any atom is -0.390 e. The summed E-state index contributed by atoms with van der Waals surface area (Å²) < 4.78 is 6.31. The molecule has 19 heavy (non-hydrogen) atoms. The largest absolute Gasteiger partial charge is 0.390 e. The topological polar surface area (TPSA) is 55.2 Å². The Morgan fingerprint density at radius 3 is 2.84 bits per heavy atom. The summed E-state index contributed by atoms with van der Waals surface area (Å²) in [6.07, 6.45) is -0.513. The quantitative estimate of drug-likeness (QED) is 0.796. The summed E-state index contributed by atoms with van der Waals surface area (Å²) in [5.41, 5.74) is 2.71. The molecular formula is C12H13ClN2O2S2. The van der Waals surface area contributed by atoms with Crippen LogP contribution < -0.4 is 0 Å². The fourth-order valence-electron chi connectivity index (χ4n) is 1.33. The van der Waals surface area contributed by atoms with Crippen LogP contribution in [0.25, 0.3) is 0 Å². The lowest BCUT2D eigenvalue weighted by atomic mass is 10.2. The van der Waals surface area contributed by atoms with Gasteiger partial charge in [0.25, 0.3) is 0 Å². The minimum atomic E-state index is -0.513. The summed E-state index contributed by atoms with van der Waals surface area (Å²) in [4.78, 5) is 0. The van der Waals surface area contributed by atoms with E-state index in [2.05, 4.69) is 10.2 Å². The predicted molar refractivity (Wildman–Crippen MR) is 77.7 cm³/mol. The second-order valence-electron chi connectivity index (χ2n) is 3.81. The standard InChI is InChI=1S/C12H13ClN2O2S2/c13-10-3-1-9(2-4-10)5-17-6-11(16)7-18-12-15-14-8-19-12/h1-4,8,11,16H,5-7H2/t11-/m0/s1. The first-order chi connectivity index (χ1) is 9.24. The van der Waals surface area contributed by atoms with E-state index < -0.39 is 6.10 Å². The molecule has 1 aromatic carbocycles. The van der Waals surface area contributed by atoms with Crippen molar-refractivity contribution in [3.63, 3.8) is 0 Å². The number of aliphatic hydroxyl groups excluding tert-OH is 1. The molecule has 0 bridgehead atoms. The Morgan fingerprint density at radius 1 is 1.37 bits per heavy atom. The predicted octanol–water partition coefficient (Wildman–Crippen LogP) is 2.86. The molecule has 102 valence electrons. The van der Waals surface area contributed by atoms with E-state index in [0.29, 0.717) is 24.0 Å². The van der Waals surface area contributed by atoms with E-state index in [9.17, 15) is 5.11 Å². The van der Waals surface area contributed by atoms with Gasteiger partial charge < -0.3 is 9.84 Å². The molecule has 0 aliphatic carbocycles. The van der Waals surface area contributed by atoms with Gasteiger partial charge in [0.2, 0.25) is 0 Å². The van der Waals surface area contributed by atoms with Gasteiger partial charge in [0.15, 0.2) is 4.34 Å². The van der Waals surface area contributed by atoms with E-state index in [4.69, 9.17) is 16.3 Å². The zero-order chi connectivity index (χ0) is 13.5. The maximum absolute atomic E-state index is 9.76. The Kier molecular flexibility index (Phi) is 6.06. The number of ether oxygens (including phenoxy) is 1. The Labute approximate surface area is 124 Å². The maximum atomic E-state index is 9.76. The lowest BCUT2D eigenvalue weighted by Crippen LogP contribution is -2.17. The van der Waals surface area contributed by atoms with E-state index in [-0.39, 0.29) is 0 Å². The first-order valence-electron chi connectivity index (χ1n) is 5.63. The van der Waals surface area contributed by atoms with Gasteiger partial charge in [-0.2, -0.15) is 0 Å². The van der Waals surface area contributed by atoms with E-state index >= 15 is 0 Å². The van der Waals surface area contributed by atoms with Crippen molar-refractivity contribution in [2.24, 2.45) is 0 Å². The average Bonchev–Trinajstić information content (AvgIpc) is 2.92. The van der Waals surface area contributed by atoms with Crippen molar-refractivity contribution in [3.8, 4) is 0 Å². The van der Waals surface area contributed by atoms with E-state index in [1.807, 2.05) is 24.3 Å². The molecular weight excluding hydrogens is 304 g/mol. The van der Waals surface area contributed by atoms with Crippen LogP contribution in [0.1, 0.15) is 5.56 Å². The molecule has 0 spiro atoms. The molecule has 7 heteroatoms. The smallest absolute Gasteiger partial charge is 0.174 e. The third-order valence-electron chi connectivity index (χ3n) is 2.23. The second-order valence-corrected chi connectivity index (χ2v) is 6.35. The van der Waals surface area contributed by atoms with Gasteiger partial charge >= 0.3 is 0 Å². The number of rotatable bonds is 7. The number of nitrogens with zero attached hydrogens (tertiary/aromatic N) is 2. The third kappa shape index (κ3) is 5.46. The Balaban J connectivity index is 1.63. The number of benzene rings is 1. The fourth-order valence-corrected chi connectivity index (χ4v) is 2.88. The molecule has 0 radical (unpaired) electrons. The molecule has 1 N–H and O–H groups in total. The van der Waals surface area contributed by atoms with Crippen molar-refractivity contribution in [2.45, 2.75) is 17.1 Å².